The standard InChI is InChI=1S/C13H19NO4S.C3H2N4O/c1-9(2)8-12(13(15)16)14-19(17,18)11-6-4-10(3)5-7-11;4-6-1-3(8)2-7-5/h4-7,9,12,14H,8H2,1-3H3,(H,15,16);1-2H/t12-;/m0./s1. The van der Waals surface area contributed by atoms with Gasteiger partial charge in [-0.05, 0) is 31.4 Å². The highest BCUT2D eigenvalue weighted by Gasteiger charge is 2.25. The number of rotatable bonds is 8. The number of carbonyl (C=O) groups is 2. The number of aliphatic carboxylic acids is 1. The zero-order valence-electron chi connectivity index (χ0n) is 15.1. The molecule has 1 aromatic carbocycles. The lowest BCUT2D eigenvalue weighted by molar-refractivity contribution is -0.139. The topological polar surface area (TPSA) is 173 Å². The first-order chi connectivity index (χ1) is 12.5. The van der Waals surface area contributed by atoms with Crippen molar-refractivity contribution in [3.63, 3.8) is 0 Å². The van der Waals surface area contributed by atoms with Crippen molar-refractivity contribution >= 4 is 34.2 Å². The molecule has 0 radical (unpaired) electrons. The quantitative estimate of drug-likeness (QED) is 0.377. The summed E-state index contributed by atoms with van der Waals surface area (Å²) in [7, 11) is -3.80. The van der Waals surface area contributed by atoms with E-state index in [9.17, 15) is 18.0 Å². The number of aryl methyl sites for hydroxylation is 1. The van der Waals surface area contributed by atoms with Gasteiger partial charge in [0.2, 0.25) is 10.0 Å². The average molecular weight is 395 g/mol. The van der Waals surface area contributed by atoms with Crippen molar-refractivity contribution in [2.45, 2.75) is 38.1 Å². The highest BCUT2D eigenvalue weighted by molar-refractivity contribution is 7.89. The van der Waals surface area contributed by atoms with Crippen LogP contribution in [-0.4, -0.2) is 53.3 Å². The number of nitrogens with zero attached hydrogens (tertiary/aromatic N) is 4. The summed E-state index contributed by atoms with van der Waals surface area (Å²) in [5, 5.41) is 9.05. The molecule has 0 spiro atoms. The predicted molar refractivity (Wildman–Crippen MR) is 96.8 cm³/mol. The van der Waals surface area contributed by atoms with Gasteiger partial charge in [-0.15, -0.1) is 0 Å². The molecule has 0 heterocycles. The predicted octanol–water partition coefficient (Wildman–Crippen LogP) is 0.929. The third kappa shape index (κ3) is 9.93. The average Bonchev–Trinajstić information content (AvgIpc) is 2.55. The maximum absolute atomic E-state index is 12.1. The third-order valence-corrected chi connectivity index (χ3v) is 4.49. The zero-order valence-corrected chi connectivity index (χ0v) is 15.9. The van der Waals surface area contributed by atoms with Crippen LogP contribution in [-0.2, 0) is 19.6 Å². The Morgan fingerprint density at radius 2 is 1.63 bits per heavy atom. The molecule has 10 nitrogen and oxygen atoms in total. The van der Waals surface area contributed by atoms with Crippen molar-refractivity contribution in [2.24, 2.45) is 5.92 Å². The Kier molecular flexibility index (Phi) is 10.3. The van der Waals surface area contributed by atoms with Crippen LogP contribution >= 0.6 is 0 Å². The van der Waals surface area contributed by atoms with Crippen LogP contribution in [0.1, 0.15) is 25.8 Å². The Labute approximate surface area is 157 Å². The molecule has 1 rings (SSSR count). The molecule has 0 amide bonds. The van der Waals surface area contributed by atoms with Crippen molar-refractivity contribution < 1.29 is 32.7 Å². The monoisotopic (exact) mass is 395 g/mol. The smallest absolute Gasteiger partial charge is 0.339 e. The Hall–Kier alpha value is -2.97. The molecule has 0 aliphatic rings. The molecule has 0 bridgehead atoms. The van der Waals surface area contributed by atoms with Gasteiger partial charge in [0, 0.05) is 0 Å². The van der Waals surface area contributed by atoms with Crippen molar-refractivity contribution in [1.29, 1.82) is 0 Å². The van der Waals surface area contributed by atoms with Crippen molar-refractivity contribution in [3.05, 3.63) is 40.9 Å². The van der Waals surface area contributed by atoms with Gasteiger partial charge in [-0.3, -0.25) is 9.59 Å². The molecule has 0 aliphatic carbocycles. The van der Waals surface area contributed by atoms with Crippen molar-refractivity contribution in [2.75, 3.05) is 0 Å². The molecule has 0 fully saturated rings. The van der Waals surface area contributed by atoms with Crippen LogP contribution in [0.5, 0.6) is 0 Å². The van der Waals surface area contributed by atoms with Crippen LogP contribution in [0.3, 0.4) is 0 Å². The highest BCUT2D eigenvalue weighted by atomic mass is 32.2. The van der Waals surface area contributed by atoms with Gasteiger partial charge >= 0.3 is 24.2 Å². The first-order valence-electron chi connectivity index (χ1n) is 7.74. The molecule has 1 aromatic rings. The number of benzene rings is 1. The minimum Gasteiger partial charge on any atom is -0.480 e. The fourth-order valence-corrected chi connectivity index (χ4v) is 2.99. The molecule has 2 N–H and O–H groups in total. The highest BCUT2D eigenvalue weighted by Crippen LogP contribution is 2.13. The van der Waals surface area contributed by atoms with Crippen LogP contribution in [0, 0.1) is 12.8 Å². The Morgan fingerprint density at radius 1 is 1.15 bits per heavy atom. The SMILES string of the molecule is Cc1ccc(S(=O)(=O)N[C@@H](CC(C)C)C(=O)O)cc1.[N-]=[N+]=CC(=O)C=[N+]=[N-]. The summed E-state index contributed by atoms with van der Waals surface area (Å²) in [5.74, 6) is -1.75. The van der Waals surface area contributed by atoms with Gasteiger partial charge in [-0.2, -0.15) is 14.3 Å². The summed E-state index contributed by atoms with van der Waals surface area (Å²) in [5.41, 5.74) is 16.3. The number of nitrogens with one attached hydrogen (secondary N) is 1. The number of carboxylic acid groups (broad SMARTS) is 1. The van der Waals surface area contributed by atoms with E-state index in [1.54, 1.807) is 12.1 Å². The van der Waals surface area contributed by atoms with Crippen LogP contribution < -0.4 is 4.72 Å². The molecule has 0 saturated heterocycles. The van der Waals surface area contributed by atoms with Crippen LogP contribution in [0.25, 0.3) is 11.1 Å². The Bertz CT molecular complexity index is 832. The van der Waals surface area contributed by atoms with E-state index in [-0.39, 0.29) is 17.2 Å². The lowest BCUT2D eigenvalue weighted by Gasteiger charge is -2.16. The molecule has 0 aliphatic heterocycles. The van der Waals surface area contributed by atoms with Crippen LogP contribution in [0.2, 0.25) is 0 Å². The fourth-order valence-electron chi connectivity index (χ4n) is 1.79. The summed E-state index contributed by atoms with van der Waals surface area (Å²) in [6.07, 6.45) is 1.47. The largest absolute Gasteiger partial charge is 0.480 e. The first-order valence-corrected chi connectivity index (χ1v) is 9.22. The lowest BCUT2D eigenvalue weighted by Crippen LogP contribution is -2.41. The summed E-state index contributed by atoms with van der Waals surface area (Å²) in [4.78, 5) is 25.9. The normalized spacial score (nSPS) is 11.3. The number of hydrogen-bond donors (Lipinski definition) is 2. The molecular formula is C16H21N5O5S. The number of ketones is 1. The lowest BCUT2D eigenvalue weighted by atomic mass is 10.1. The number of sulfonamides is 1. The van der Waals surface area contributed by atoms with Gasteiger partial charge in [0.15, 0.2) is 0 Å². The first kappa shape index (κ1) is 24.0. The second kappa shape index (κ2) is 11.6. The van der Waals surface area contributed by atoms with Crippen LogP contribution in [0.4, 0.5) is 0 Å². The molecule has 0 aromatic heterocycles. The molecule has 0 unspecified atom stereocenters. The summed E-state index contributed by atoms with van der Waals surface area (Å²) < 4.78 is 26.4. The maximum Gasteiger partial charge on any atom is 0.339 e. The fraction of sp³-hybridized carbons (Fsp3) is 0.375. The van der Waals surface area contributed by atoms with Crippen molar-refractivity contribution in [1.82, 2.24) is 4.72 Å². The minimum atomic E-state index is -3.80. The van der Waals surface area contributed by atoms with Gasteiger partial charge < -0.3 is 16.2 Å². The van der Waals surface area contributed by atoms with Gasteiger partial charge in [-0.1, -0.05) is 31.5 Å². The van der Waals surface area contributed by atoms with E-state index in [0.29, 0.717) is 12.4 Å². The Morgan fingerprint density at radius 3 is 2.00 bits per heavy atom. The summed E-state index contributed by atoms with van der Waals surface area (Å²) >= 11 is 0. The van der Waals surface area contributed by atoms with Crippen molar-refractivity contribution in [3.8, 4) is 0 Å². The van der Waals surface area contributed by atoms with Gasteiger partial charge in [0.1, 0.15) is 6.04 Å². The van der Waals surface area contributed by atoms with Gasteiger partial charge in [0.25, 0.3) is 0 Å². The van der Waals surface area contributed by atoms with E-state index >= 15 is 0 Å². The van der Waals surface area contributed by atoms with Crippen LogP contribution in [0.15, 0.2) is 29.2 Å². The summed E-state index contributed by atoms with van der Waals surface area (Å²) in [6.45, 7) is 5.54. The van der Waals surface area contributed by atoms with E-state index < -0.39 is 27.8 Å². The van der Waals surface area contributed by atoms with E-state index in [0.717, 1.165) is 5.56 Å². The number of Topliss-reactive ketones (excluding diaryl/α,β-unsaturated/α-hetero) is 1. The number of carboxylic acids is 1. The van der Waals surface area contributed by atoms with E-state index in [1.165, 1.54) is 12.1 Å². The van der Waals surface area contributed by atoms with E-state index in [1.807, 2.05) is 20.8 Å². The third-order valence-electron chi connectivity index (χ3n) is 3.00. The van der Waals surface area contributed by atoms with Gasteiger partial charge in [0.05, 0.1) is 4.90 Å². The maximum atomic E-state index is 12.1. The molecule has 146 valence electrons. The van der Waals surface area contributed by atoms with E-state index in [2.05, 4.69) is 14.3 Å². The zero-order chi connectivity index (χ0) is 21.0. The van der Waals surface area contributed by atoms with E-state index in [4.69, 9.17) is 16.2 Å². The molecule has 27 heavy (non-hydrogen) atoms. The summed E-state index contributed by atoms with van der Waals surface area (Å²) in [6, 6.07) is 5.17. The molecular weight excluding hydrogens is 374 g/mol. The molecule has 1 atom stereocenters. The second-order valence-electron chi connectivity index (χ2n) is 5.85. The molecule has 0 saturated carbocycles. The Balaban J connectivity index is 0.000000713. The number of hydrogen-bond acceptors (Lipinski definition) is 4. The second-order valence-corrected chi connectivity index (χ2v) is 7.56. The molecule has 11 heteroatoms. The minimum absolute atomic E-state index is 0.0770. The van der Waals surface area contributed by atoms with Gasteiger partial charge in [-0.25, -0.2) is 8.42 Å². The number of carbonyl (C=O) groups excluding carboxylic acids is 1.